The van der Waals surface area contributed by atoms with Crippen molar-refractivity contribution in [3.8, 4) is 0 Å². The van der Waals surface area contributed by atoms with Crippen LogP contribution in [0.2, 0.25) is 0 Å². The van der Waals surface area contributed by atoms with Crippen molar-refractivity contribution in [2.45, 2.75) is 54.8 Å². The highest BCUT2D eigenvalue weighted by molar-refractivity contribution is 7.99. The second-order valence-electron chi connectivity index (χ2n) is 10.2. The molecule has 0 aromatic heterocycles. The van der Waals surface area contributed by atoms with Gasteiger partial charge < -0.3 is 19.9 Å². The monoisotopic (exact) mass is 618 g/mol. The highest BCUT2D eigenvalue weighted by atomic mass is 32.2. The fourth-order valence-electron chi connectivity index (χ4n) is 4.70. The number of amides is 1. The van der Waals surface area contributed by atoms with Gasteiger partial charge in [-0.3, -0.25) is 4.79 Å². The Hall–Kier alpha value is -3.51. The second-order valence-corrected chi connectivity index (χ2v) is 13.1. The van der Waals surface area contributed by atoms with Crippen LogP contribution in [0, 0.1) is 0 Å². The average Bonchev–Trinajstić information content (AvgIpc) is 3.04. The first-order chi connectivity index (χ1) is 20.8. The molecule has 1 fully saturated rings. The predicted molar refractivity (Wildman–Crippen MR) is 167 cm³/mol. The summed E-state index contributed by atoms with van der Waals surface area (Å²) in [6.07, 6.45) is -0.278. The molecule has 10 heteroatoms. The molecule has 1 heterocycles. The van der Waals surface area contributed by atoms with E-state index in [0.717, 1.165) is 32.8 Å². The number of hydrogen-bond donors (Lipinski definition) is 3. The molecule has 4 aromatic rings. The number of rotatable bonds is 11. The number of carbonyl (C=O) groups is 1. The van der Waals surface area contributed by atoms with Crippen LogP contribution in [-0.4, -0.2) is 31.3 Å². The maximum absolute atomic E-state index is 12.6. The summed E-state index contributed by atoms with van der Waals surface area (Å²) in [6.45, 7) is 1.62. The summed E-state index contributed by atoms with van der Waals surface area (Å²) in [5, 5.41) is 12.2. The van der Waals surface area contributed by atoms with E-state index in [2.05, 4.69) is 10.0 Å². The number of aliphatic hydroxyl groups is 1. The molecule has 43 heavy (non-hydrogen) atoms. The van der Waals surface area contributed by atoms with Crippen molar-refractivity contribution in [3.05, 3.63) is 125 Å². The number of carbonyl (C=O) groups excluding carboxylic acids is 1. The molecule has 3 atom stereocenters. The van der Waals surface area contributed by atoms with E-state index in [1.54, 1.807) is 42.1 Å². The van der Waals surface area contributed by atoms with Crippen molar-refractivity contribution in [2.75, 3.05) is 11.1 Å². The van der Waals surface area contributed by atoms with Crippen molar-refractivity contribution >= 4 is 33.4 Å². The normalized spacial score (nSPS) is 18.7. The molecule has 1 saturated heterocycles. The summed E-state index contributed by atoms with van der Waals surface area (Å²) in [6, 6.07) is 31.3. The lowest BCUT2D eigenvalue weighted by Gasteiger charge is -2.36. The zero-order valence-corrected chi connectivity index (χ0v) is 25.3. The molecule has 8 nitrogen and oxygen atoms in total. The molecular weight excluding hydrogens is 585 g/mol. The van der Waals surface area contributed by atoms with Gasteiger partial charge in [0.15, 0.2) is 6.29 Å². The molecule has 0 saturated carbocycles. The minimum absolute atomic E-state index is 0.0224. The average molecular weight is 619 g/mol. The van der Waals surface area contributed by atoms with E-state index in [0.29, 0.717) is 12.2 Å². The van der Waals surface area contributed by atoms with Gasteiger partial charge in [-0.1, -0.05) is 66.7 Å². The van der Waals surface area contributed by atoms with E-state index in [1.165, 1.54) is 6.92 Å². The van der Waals surface area contributed by atoms with Crippen LogP contribution < -0.4 is 10.0 Å². The first-order valence-electron chi connectivity index (χ1n) is 13.9. The van der Waals surface area contributed by atoms with Crippen molar-refractivity contribution in [1.82, 2.24) is 4.72 Å². The Balaban J connectivity index is 1.27. The van der Waals surface area contributed by atoms with E-state index in [9.17, 15) is 18.3 Å². The van der Waals surface area contributed by atoms with Crippen LogP contribution in [-0.2, 0) is 37.4 Å². The maximum Gasteiger partial charge on any atom is 0.240 e. The highest BCUT2D eigenvalue weighted by Gasteiger charge is 2.32. The summed E-state index contributed by atoms with van der Waals surface area (Å²) >= 11 is 1.67. The molecule has 1 aliphatic heterocycles. The van der Waals surface area contributed by atoms with Gasteiger partial charge in [-0.15, -0.1) is 11.8 Å². The Kier molecular flexibility index (Phi) is 10.3. The zero-order chi connectivity index (χ0) is 30.2. The maximum atomic E-state index is 12.6. The number of anilines is 1. The number of hydrogen-bond acceptors (Lipinski definition) is 7. The molecule has 0 aliphatic carbocycles. The van der Waals surface area contributed by atoms with Crippen LogP contribution >= 0.6 is 11.8 Å². The van der Waals surface area contributed by atoms with Gasteiger partial charge in [-0.2, -0.15) is 0 Å². The van der Waals surface area contributed by atoms with Crippen LogP contribution in [0.15, 0.2) is 113 Å². The van der Waals surface area contributed by atoms with Gasteiger partial charge in [0.1, 0.15) is 0 Å². The fourth-order valence-corrected chi connectivity index (χ4v) is 6.66. The van der Waals surface area contributed by atoms with Crippen LogP contribution in [0.25, 0.3) is 0 Å². The fraction of sp³-hybridized carbons (Fsp3) is 0.242. The Morgan fingerprint density at radius 1 is 0.860 bits per heavy atom. The quantitative estimate of drug-likeness (QED) is 0.178. The number of aliphatic hydroxyl groups excluding tert-OH is 1. The molecule has 1 aliphatic rings. The van der Waals surface area contributed by atoms with Crippen molar-refractivity contribution in [3.63, 3.8) is 0 Å². The third kappa shape index (κ3) is 8.54. The smallest absolute Gasteiger partial charge is 0.240 e. The van der Waals surface area contributed by atoms with Gasteiger partial charge in [-0.05, 0) is 53.1 Å². The second kappa shape index (κ2) is 14.3. The summed E-state index contributed by atoms with van der Waals surface area (Å²) in [5.41, 5.74) is 4.24. The number of thioether (sulfide) groups is 1. The standard InChI is InChI=1S/C33H34N2O6S2/c1-23(37)35-28-15-17-30(18-16-28)42-22-29-19-32(26-11-9-25(21-36)10-12-26)41-33(40-29)27-13-7-24(8-14-27)20-34-43(38,39)31-5-3-2-4-6-31/h2-18,29,32-34,36H,19-22H2,1H3,(H,35,37). The minimum atomic E-state index is -3.61. The molecule has 5 rings (SSSR count). The van der Waals surface area contributed by atoms with Gasteiger partial charge in [0, 0.05) is 41.8 Å². The molecule has 0 spiro atoms. The lowest BCUT2D eigenvalue weighted by atomic mass is 10.0. The largest absolute Gasteiger partial charge is 0.392 e. The predicted octanol–water partition coefficient (Wildman–Crippen LogP) is 5.95. The number of nitrogens with one attached hydrogen (secondary N) is 2. The van der Waals surface area contributed by atoms with Gasteiger partial charge >= 0.3 is 0 Å². The summed E-state index contributed by atoms with van der Waals surface area (Å²) < 4.78 is 40.7. The molecule has 224 valence electrons. The number of sulfonamides is 1. The molecular formula is C33H34N2O6S2. The molecule has 3 unspecified atom stereocenters. The Labute approximate surface area is 256 Å². The van der Waals surface area contributed by atoms with Crippen LogP contribution in [0.4, 0.5) is 5.69 Å². The van der Waals surface area contributed by atoms with Crippen molar-refractivity contribution in [1.29, 1.82) is 0 Å². The van der Waals surface area contributed by atoms with Gasteiger partial charge in [-0.25, -0.2) is 13.1 Å². The Bertz CT molecular complexity index is 1600. The van der Waals surface area contributed by atoms with Crippen LogP contribution in [0.3, 0.4) is 0 Å². The summed E-state index contributed by atoms with van der Waals surface area (Å²) in [4.78, 5) is 12.6. The number of benzene rings is 4. The first-order valence-corrected chi connectivity index (χ1v) is 16.4. The third-order valence-electron chi connectivity index (χ3n) is 7.00. The third-order valence-corrected chi connectivity index (χ3v) is 9.56. The number of ether oxygens (including phenoxy) is 2. The SMILES string of the molecule is CC(=O)Nc1ccc(SCC2CC(c3ccc(CO)cc3)OC(c3ccc(CNS(=O)(=O)c4ccccc4)cc3)O2)cc1. The van der Waals surface area contributed by atoms with Gasteiger partial charge in [0.2, 0.25) is 15.9 Å². The lowest BCUT2D eigenvalue weighted by molar-refractivity contribution is -0.245. The molecule has 0 bridgehead atoms. The van der Waals surface area contributed by atoms with E-state index < -0.39 is 16.3 Å². The summed E-state index contributed by atoms with van der Waals surface area (Å²) in [5.74, 6) is 0.589. The van der Waals surface area contributed by atoms with Crippen molar-refractivity contribution < 1.29 is 27.8 Å². The topological polar surface area (TPSA) is 114 Å². The van der Waals surface area contributed by atoms with Crippen LogP contribution in [0.1, 0.15) is 48.0 Å². The van der Waals surface area contributed by atoms with Crippen LogP contribution in [0.5, 0.6) is 0 Å². The van der Waals surface area contributed by atoms with E-state index in [1.807, 2.05) is 72.8 Å². The molecule has 4 aromatic carbocycles. The molecule has 0 radical (unpaired) electrons. The summed E-state index contributed by atoms with van der Waals surface area (Å²) in [7, 11) is -3.61. The minimum Gasteiger partial charge on any atom is -0.392 e. The van der Waals surface area contributed by atoms with Crippen molar-refractivity contribution in [2.24, 2.45) is 0 Å². The van der Waals surface area contributed by atoms with Gasteiger partial charge in [0.05, 0.1) is 23.7 Å². The Morgan fingerprint density at radius 3 is 2.16 bits per heavy atom. The molecule has 1 amide bonds. The zero-order valence-electron chi connectivity index (χ0n) is 23.7. The molecule has 3 N–H and O–H groups in total. The van der Waals surface area contributed by atoms with Gasteiger partial charge in [0.25, 0.3) is 0 Å². The lowest BCUT2D eigenvalue weighted by Crippen LogP contribution is -2.31. The van der Waals surface area contributed by atoms with E-state index >= 15 is 0 Å². The van der Waals surface area contributed by atoms with E-state index in [4.69, 9.17) is 9.47 Å². The highest BCUT2D eigenvalue weighted by Crippen LogP contribution is 2.39. The Morgan fingerprint density at radius 2 is 1.51 bits per heavy atom. The first kappa shape index (κ1) is 30.9. The van der Waals surface area contributed by atoms with E-state index in [-0.39, 0.29) is 36.2 Å².